The average molecular weight is 105 g/mol. The van der Waals surface area contributed by atoms with Crippen molar-refractivity contribution < 1.29 is 0 Å². The van der Waals surface area contributed by atoms with Crippen molar-refractivity contribution in [2.45, 2.75) is 14.0 Å². The average Bonchev–Trinajstić information content (AvgIpc) is 1.38. The van der Waals surface area contributed by atoms with Gasteiger partial charge in [-0.1, -0.05) is 14.0 Å². The smallest absolute Gasteiger partial charge is 0.0913 e. The molecule has 0 aliphatic rings. The molecule has 0 aliphatic heterocycles. The van der Waals surface area contributed by atoms with E-state index in [1.54, 1.807) is 0 Å². The topological polar surface area (TPSA) is 3.24 Å². The summed E-state index contributed by atoms with van der Waals surface area (Å²) in [6.45, 7) is 2.26. The first kappa shape index (κ1) is 9.49. The van der Waals surface area contributed by atoms with E-state index >= 15 is 0 Å². The van der Waals surface area contributed by atoms with Crippen molar-refractivity contribution in [1.82, 2.24) is 4.57 Å². The van der Waals surface area contributed by atoms with Crippen LogP contribution >= 0.6 is 0 Å². The summed E-state index contributed by atoms with van der Waals surface area (Å²) in [7, 11) is 4.42. The zero-order valence-corrected chi connectivity index (χ0v) is 5.57. The number of rotatable bonds is 1. The fourth-order valence-corrected chi connectivity index (χ4v) is 0. The molecule has 0 fully saturated rings. The summed E-state index contributed by atoms with van der Waals surface area (Å²) in [6.07, 6.45) is 0. The number of hydrogen-bond donors (Lipinski definition) is 0. The van der Waals surface area contributed by atoms with Crippen LogP contribution in [0.1, 0.15) is 7.43 Å². The van der Waals surface area contributed by atoms with E-state index in [1.165, 1.54) is 0 Å². The molecule has 0 atom stereocenters. The Morgan fingerprint density at radius 2 is 1.50 bits per heavy atom. The lowest BCUT2D eigenvalue weighted by Crippen LogP contribution is -2.12. The SMILES string of the molecule is C.C[SiH2]N(C)C. The summed E-state index contributed by atoms with van der Waals surface area (Å²) < 4.78 is 2.26. The van der Waals surface area contributed by atoms with Crippen molar-refractivity contribution in [1.29, 1.82) is 0 Å². The Morgan fingerprint density at radius 1 is 1.33 bits per heavy atom. The van der Waals surface area contributed by atoms with Crippen LogP contribution in [-0.4, -0.2) is 28.3 Å². The predicted molar refractivity (Wildman–Crippen MR) is 34.8 cm³/mol. The minimum Gasteiger partial charge on any atom is -0.335 e. The second-order valence-electron chi connectivity index (χ2n) is 1.40. The summed E-state index contributed by atoms with van der Waals surface area (Å²) in [5.74, 6) is 0. The van der Waals surface area contributed by atoms with E-state index in [0.29, 0.717) is 0 Å². The van der Waals surface area contributed by atoms with E-state index in [1.807, 2.05) is 0 Å². The molecule has 0 saturated carbocycles. The van der Waals surface area contributed by atoms with Gasteiger partial charge in [0.05, 0.1) is 9.68 Å². The van der Waals surface area contributed by atoms with Crippen LogP contribution in [0.3, 0.4) is 0 Å². The van der Waals surface area contributed by atoms with Crippen molar-refractivity contribution in [3.8, 4) is 0 Å². The van der Waals surface area contributed by atoms with Crippen LogP contribution in [0.25, 0.3) is 0 Å². The van der Waals surface area contributed by atoms with Gasteiger partial charge in [0, 0.05) is 0 Å². The second kappa shape index (κ2) is 5.18. The molecule has 1 nitrogen and oxygen atoms in total. The fraction of sp³-hybridized carbons (Fsp3) is 1.00. The fourth-order valence-electron chi connectivity index (χ4n) is 0. The molecule has 2 heteroatoms. The van der Waals surface area contributed by atoms with Gasteiger partial charge in [0.15, 0.2) is 0 Å². The maximum Gasteiger partial charge on any atom is 0.0913 e. The first-order valence-corrected chi connectivity index (χ1v) is 3.96. The van der Waals surface area contributed by atoms with Gasteiger partial charge in [0.1, 0.15) is 0 Å². The minimum absolute atomic E-state index is 0. The molecule has 6 heavy (non-hydrogen) atoms. The van der Waals surface area contributed by atoms with Crippen LogP contribution in [0, 0.1) is 0 Å². The number of hydrogen-bond acceptors (Lipinski definition) is 1. The molecule has 40 valence electrons. The van der Waals surface area contributed by atoms with Crippen molar-refractivity contribution in [3.05, 3.63) is 0 Å². The number of nitrogens with zero attached hydrogens (tertiary/aromatic N) is 1. The van der Waals surface area contributed by atoms with Gasteiger partial charge in [-0.15, -0.1) is 0 Å². The van der Waals surface area contributed by atoms with Gasteiger partial charge < -0.3 is 4.57 Å². The van der Waals surface area contributed by atoms with Crippen LogP contribution in [0.15, 0.2) is 0 Å². The third kappa shape index (κ3) is 8.90. The summed E-state index contributed by atoms with van der Waals surface area (Å²) in [5.41, 5.74) is 0. The van der Waals surface area contributed by atoms with Gasteiger partial charge in [0.2, 0.25) is 0 Å². The maximum atomic E-state index is 2.26. The van der Waals surface area contributed by atoms with E-state index in [9.17, 15) is 0 Å². The highest BCUT2D eigenvalue weighted by atomic mass is 28.2. The summed E-state index contributed by atoms with van der Waals surface area (Å²) in [4.78, 5) is 0. The highest BCUT2D eigenvalue weighted by Crippen LogP contribution is 1.60. The quantitative estimate of drug-likeness (QED) is 0.434. The van der Waals surface area contributed by atoms with Crippen molar-refractivity contribution in [2.75, 3.05) is 14.1 Å². The van der Waals surface area contributed by atoms with Gasteiger partial charge >= 0.3 is 0 Å². The van der Waals surface area contributed by atoms with Gasteiger partial charge in [-0.05, 0) is 14.1 Å². The Morgan fingerprint density at radius 3 is 1.50 bits per heavy atom. The van der Waals surface area contributed by atoms with Crippen LogP contribution in [0.5, 0.6) is 0 Å². The molecule has 0 spiro atoms. The van der Waals surface area contributed by atoms with Gasteiger partial charge in [-0.2, -0.15) is 0 Å². The van der Waals surface area contributed by atoms with E-state index in [0.717, 1.165) is 0 Å². The summed E-state index contributed by atoms with van der Waals surface area (Å²) >= 11 is 0. The predicted octanol–water partition coefficient (Wildman–Crippen LogP) is 0.316. The molecule has 0 aromatic rings. The first-order chi connectivity index (χ1) is 2.27. The molecule has 0 rings (SSSR count). The molecular weight excluding hydrogens is 90.1 g/mol. The normalized spacial score (nSPS) is 10.0. The lowest BCUT2D eigenvalue weighted by atomic mass is 11.3. The Balaban J connectivity index is 0. The van der Waals surface area contributed by atoms with E-state index in [-0.39, 0.29) is 17.1 Å². The Bertz CT molecular complexity index is 21.5. The lowest BCUT2D eigenvalue weighted by Gasteiger charge is -1.99. The van der Waals surface area contributed by atoms with Crippen molar-refractivity contribution >= 4 is 9.68 Å². The molecule has 0 N–H and O–H groups in total. The molecule has 0 aromatic heterocycles. The first-order valence-electron chi connectivity index (χ1n) is 1.92. The Labute approximate surface area is 43.3 Å². The molecule has 0 aliphatic carbocycles. The molecule has 0 radical (unpaired) electrons. The molecule has 0 heterocycles. The largest absolute Gasteiger partial charge is 0.335 e. The van der Waals surface area contributed by atoms with Crippen LogP contribution in [0.4, 0.5) is 0 Å². The second-order valence-corrected chi connectivity index (χ2v) is 3.29. The van der Waals surface area contributed by atoms with E-state index in [4.69, 9.17) is 0 Å². The van der Waals surface area contributed by atoms with Crippen molar-refractivity contribution in [3.63, 3.8) is 0 Å². The third-order valence-corrected chi connectivity index (χ3v) is 1.90. The van der Waals surface area contributed by atoms with Gasteiger partial charge in [0.25, 0.3) is 0 Å². The summed E-state index contributed by atoms with van der Waals surface area (Å²) in [6, 6.07) is 0. The Hall–Kier alpha value is 0.177. The minimum atomic E-state index is 0. The van der Waals surface area contributed by atoms with Gasteiger partial charge in [-0.25, -0.2) is 0 Å². The van der Waals surface area contributed by atoms with Crippen LogP contribution < -0.4 is 0 Å². The molecule has 0 unspecified atom stereocenters. The van der Waals surface area contributed by atoms with E-state index in [2.05, 4.69) is 25.2 Å². The van der Waals surface area contributed by atoms with Crippen LogP contribution in [0.2, 0.25) is 6.55 Å². The van der Waals surface area contributed by atoms with Crippen molar-refractivity contribution in [2.24, 2.45) is 0 Å². The molecular formula is C4H15NSi. The zero-order chi connectivity index (χ0) is 4.28. The standard InChI is InChI=1S/C3H11NSi.CH4/c1-4(2)5-3;/h5H2,1-3H3;1H4. The highest BCUT2D eigenvalue weighted by molar-refractivity contribution is 6.29. The summed E-state index contributed by atoms with van der Waals surface area (Å²) in [5, 5.41) is 0. The Kier molecular flexibility index (Phi) is 8.19. The highest BCUT2D eigenvalue weighted by Gasteiger charge is 1.73. The molecule has 0 saturated heterocycles. The van der Waals surface area contributed by atoms with Gasteiger partial charge in [-0.3, -0.25) is 0 Å². The molecule has 0 bridgehead atoms. The third-order valence-electron chi connectivity index (χ3n) is 0.632. The van der Waals surface area contributed by atoms with Crippen LogP contribution in [-0.2, 0) is 0 Å². The molecule has 0 aromatic carbocycles. The van der Waals surface area contributed by atoms with E-state index < -0.39 is 0 Å². The zero-order valence-electron chi connectivity index (χ0n) is 4.15. The molecule has 0 amide bonds. The monoisotopic (exact) mass is 105 g/mol. The lowest BCUT2D eigenvalue weighted by molar-refractivity contribution is 0.665. The maximum absolute atomic E-state index is 2.26.